The third kappa shape index (κ3) is 4.10. The highest BCUT2D eigenvalue weighted by Gasteiger charge is 2.58. The number of esters is 1. The zero-order valence-electron chi connectivity index (χ0n) is 21.2. The van der Waals surface area contributed by atoms with E-state index in [1.165, 1.54) is 30.4 Å². The SMILES string of the molecule is COC(=O)[C@H]1C[C@H](O)CN1C(=O)CO/N=C1/C=C2CC[C@H]3[C@@H]4CC[C@H](O)[C@@]4(C)CC[C@@H]3[C@@]2(C)CC1. The van der Waals surface area contributed by atoms with Crippen molar-refractivity contribution in [2.45, 2.75) is 89.9 Å². The van der Waals surface area contributed by atoms with E-state index in [-0.39, 0.29) is 42.4 Å². The average Bonchev–Trinajstić information content (AvgIpc) is 3.38. The van der Waals surface area contributed by atoms with Crippen LogP contribution in [0.1, 0.15) is 71.6 Å². The number of methoxy groups -OCH3 is 1. The number of aliphatic hydroxyl groups is 2. The van der Waals surface area contributed by atoms with Crippen molar-refractivity contribution in [2.75, 3.05) is 20.3 Å². The minimum atomic E-state index is -0.773. The van der Waals surface area contributed by atoms with Crippen LogP contribution in [0, 0.1) is 28.6 Å². The van der Waals surface area contributed by atoms with Gasteiger partial charge in [0.2, 0.25) is 0 Å². The van der Waals surface area contributed by atoms with E-state index < -0.39 is 18.1 Å². The maximum Gasteiger partial charge on any atom is 0.328 e. The maximum atomic E-state index is 12.6. The molecular formula is C27H40N2O6. The highest BCUT2D eigenvalue weighted by atomic mass is 16.6. The lowest BCUT2D eigenvalue weighted by Crippen LogP contribution is -2.51. The molecule has 4 fully saturated rings. The molecule has 8 atom stereocenters. The highest BCUT2D eigenvalue weighted by Crippen LogP contribution is 2.65. The zero-order chi connectivity index (χ0) is 25.0. The predicted molar refractivity (Wildman–Crippen MR) is 129 cm³/mol. The molecule has 5 rings (SSSR count). The van der Waals surface area contributed by atoms with E-state index in [0.29, 0.717) is 17.8 Å². The molecule has 5 aliphatic rings. The topological polar surface area (TPSA) is 109 Å². The summed E-state index contributed by atoms with van der Waals surface area (Å²) >= 11 is 0. The van der Waals surface area contributed by atoms with Crippen molar-refractivity contribution in [3.05, 3.63) is 11.6 Å². The number of hydrogen-bond acceptors (Lipinski definition) is 7. The summed E-state index contributed by atoms with van der Waals surface area (Å²) in [7, 11) is 1.28. The number of likely N-dealkylation sites (tertiary alicyclic amines) is 1. The number of fused-ring (bicyclic) bond motifs is 5. The van der Waals surface area contributed by atoms with Crippen molar-refractivity contribution in [3.63, 3.8) is 0 Å². The third-order valence-corrected chi connectivity index (χ3v) is 10.4. The lowest BCUT2D eigenvalue weighted by Gasteiger charge is -2.57. The molecule has 3 saturated carbocycles. The van der Waals surface area contributed by atoms with Gasteiger partial charge >= 0.3 is 5.97 Å². The van der Waals surface area contributed by atoms with Gasteiger partial charge in [0.15, 0.2) is 6.61 Å². The summed E-state index contributed by atoms with van der Waals surface area (Å²) in [4.78, 5) is 31.3. The molecule has 1 saturated heterocycles. The number of β-amino-alcohol motifs (C(OH)–C–C–N with tert-alkyl or cyclic N) is 1. The summed E-state index contributed by atoms with van der Waals surface area (Å²) in [5.74, 6) is 1.09. The lowest BCUT2D eigenvalue weighted by atomic mass is 9.47. The second-order valence-electron chi connectivity index (χ2n) is 12.0. The molecule has 0 bridgehead atoms. The monoisotopic (exact) mass is 488 g/mol. The van der Waals surface area contributed by atoms with E-state index in [2.05, 4.69) is 25.1 Å². The number of carbonyl (C=O) groups excluding carboxylic acids is 2. The molecule has 35 heavy (non-hydrogen) atoms. The molecule has 8 heteroatoms. The second-order valence-corrected chi connectivity index (χ2v) is 12.0. The normalized spacial score (nSPS) is 43.7. The van der Waals surface area contributed by atoms with Crippen molar-refractivity contribution in [1.29, 1.82) is 0 Å². The molecule has 1 aliphatic heterocycles. The molecule has 0 spiro atoms. The summed E-state index contributed by atoms with van der Waals surface area (Å²) in [5, 5.41) is 24.8. The smallest absolute Gasteiger partial charge is 0.328 e. The van der Waals surface area contributed by atoms with E-state index in [1.807, 2.05) is 0 Å². The molecule has 1 heterocycles. The van der Waals surface area contributed by atoms with Crippen LogP contribution < -0.4 is 0 Å². The predicted octanol–water partition coefficient (Wildman–Crippen LogP) is 2.82. The molecule has 4 aliphatic carbocycles. The minimum absolute atomic E-state index is 0.0959. The number of oxime groups is 1. The molecule has 194 valence electrons. The van der Waals surface area contributed by atoms with Crippen molar-refractivity contribution < 1.29 is 29.4 Å². The molecule has 8 nitrogen and oxygen atoms in total. The van der Waals surface area contributed by atoms with Gasteiger partial charge in [-0.15, -0.1) is 0 Å². The Balaban J connectivity index is 1.23. The number of nitrogens with zero attached hydrogens (tertiary/aromatic N) is 2. The fraction of sp³-hybridized carbons (Fsp3) is 0.815. The number of rotatable bonds is 4. The van der Waals surface area contributed by atoms with Crippen molar-refractivity contribution in [1.82, 2.24) is 4.90 Å². The molecule has 0 unspecified atom stereocenters. The molecule has 0 aromatic heterocycles. The molecule has 0 radical (unpaired) electrons. The molecule has 1 amide bonds. The van der Waals surface area contributed by atoms with Gasteiger partial charge in [0.05, 0.1) is 25.0 Å². The first-order chi connectivity index (χ1) is 16.7. The van der Waals surface area contributed by atoms with Crippen LogP contribution in [-0.4, -0.2) is 71.2 Å². The molecular weight excluding hydrogens is 448 g/mol. The summed E-state index contributed by atoms with van der Waals surface area (Å²) in [6.45, 7) is 4.58. The summed E-state index contributed by atoms with van der Waals surface area (Å²) in [6.07, 6.45) is 9.99. The van der Waals surface area contributed by atoms with Gasteiger partial charge in [-0.3, -0.25) is 4.79 Å². The summed E-state index contributed by atoms with van der Waals surface area (Å²) in [6, 6.07) is -0.773. The van der Waals surface area contributed by atoms with E-state index >= 15 is 0 Å². The van der Waals surface area contributed by atoms with Gasteiger partial charge in [-0.25, -0.2) is 4.79 Å². The van der Waals surface area contributed by atoms with E-state index in [4.69, 9.17) is 9.57 Å². The Morgan fingerprint density at radius 2 is 1.91 bits per heavy atom. The first-order valence-electron chi connectivity index (χ1n) is 13.3. The summed E-state index contributed by atoms with van der Waals surface area (Å²) in [5.41, 5.74) is 2.59. The number of amides is 1. The van der Waals surface area contributed by atoms with Crippen molar-refractivity contribution >= 4 is 17.6 Å². The van der Waals surface area contributed by atoms with Gasteiger partial charge < -0.3 is 24.7 Å². The fourth-order valence-electron chi connectivity index (χ4n) is 8.32. The van der Waals surface area contributed by atoms with Crippen LogP contribution >= 0.6 is 0 Å². The minimum Gasteiger partial charge on any atom is -0.467 e. The van der Waals surface area contributed by atoms with Crippen LogP contribution in [0.5, 0.6) is 0 Å². The Kier molecular flexibility index (Phi) is 6.49. The first kappa shape index (κ1) is 24.8. The zero-order valence-corrected chi connectivity index (χ0v) is 21.2. The molecule has 0 aromatic rings. The van der Waals surface area contributed by atoms with E-state index in [0.717, 1.165) is 44.2 Å². The van der Waals surface area contributed by atoms with Gasteiger partial charge in [0, 0.05) is 13.0 Å². The number of aliphatic hydroxyl groups excluding tert-OH is 2. The average molecular weight is 489 g/mol. The van der Waals surface area contributed by atoms with Gasteiger partial charge in [-0.1, -0.05) is 24.6 Å². The number of carbonyl (C=O) groups is 2. The Morgan fingerprint density at radius 1 is 1.11 bits per heavy atom. The fourth-order valence-corrected chi connectivity index (χ4v) is 8.32. The van der Waals surface area contributed by atoms with Gasteiger partial charge in [-0.2, -0.15) is 0 Å². The van der Waals surface area contributed by atoms with E-state index in [9.17, 15) is 19.8 Å². The summed E-state index contributed by atoms with van der Waals surface area (Å²) < 4.78 is 4.76. The Hall–Kier alpha value is -1.93. The number of ether oxygens (including phenoxy) is 1. The van der Waals surface area contributed by atoms with Gasteiger partial charge in [0.25, 0.3) is 5.91 Å². The number of hydrogen-bond donors (Lipinski definition) is 2. The highest BCUT2D eigenvalue weighted by molar-refractivity contribution is 5.96. The number of allylic oxidation sites excluding steroid dienone is 2. The standard InChI is InChI=1S/C27H40N2O6/c1-26-10-8-17(28-35-15-24(32)29-14-18(30)13-22(29)25(33)34-3)12-16(26)4-5-19-20-6-7-23(31)27(20,2)11-9-21(19)26/h12,18-23,30-31H,4-11,13-15H2,1-3H3/b28-17+/t18-,19-,20-,21-,22+,23-,26-,27-/m0/s1. The Labute approximate surface area is 207 Å². The quantitative estimate of drug-likeness (QED) is 0.465. The van der Waals surface area contributed by atoms with Crippen molar-refractivity contribution in [3.8, 4) is 0 Å². The largest absolute Gasteiger partial charge is 0.467 e. The molecule has 0 aromatic carbocycles. The van der Waals surface area contributed by atoms with Gasteiger partial charge in [0.1, 0.15) is 6.04 Å². The second kappa shape index (κ2) is 9.18. The van der Waals surface area contributed by atoms with Crippen LogP contribution in [-0.2, 0) is 19.2 Å². The van der Waals surface area contributed by atoms with E-state index in [1.54, 1.807) is 0 Å². The molecule has 2 N–H and O–H groups in total. The van der Waals surface area contributed by atoms with Crippen molar-refractivity contribution in [2.24, 2.45) is 33.7 Å². The van der Waals surface area contributed by atoms with Crippen LogP contribution in [0.2, 0.25) is 0 Å². The first-order valence-corrected chi connectivity index (χ1v) is 13.3. The van der Waals surface area contributed by atoms with Gasteiger partial charge in [-0.05, 0) is 86.0 Å². The van der Waals surface area contributed by atoms with Crippen LogP contribution in [0.15, 0.2) is 16.8 Å². The third-order valence-electron chi connectivity index (χ3n) is 10.4. The van der Waals surface area contributed by atoms with Crippen LogP contribution in [0.4, 0.5) is 0 Å². The Bertz CT molecular complexity index is 933. The van der Waals surface area contributed by atoms with Crippen LogP contribution in [0.3, 0.4) is 0 Å². The Morgan fingerprint density at radius 3 is 2.69 bits per heavy atom. The maximum absolute atomic E-state index is 12.6. The lowest BCUT2D eigenvalue weighted by molar-refractivity contribution is -0.152. The van der Waals surface area contributed by atoms with Crippen LogP contribution in [0.25, 0.3) is 0 Å².